The van der Waals surface area contributed by atoms with Crippen molar-refractivity contribution in [3.63, 3.8) is 0 Å². The average molecular weight is 587 g/mol. The fourth-order valence-electron chi connectivity index (χ4n) is 3.78. The summed E-state index contributed by atoms with van der Waals surface area (Å²) in [5.41, 5.74) is 1.02. The maximum atomic E-state index is 13.4. The van der Waals surface area contributed by atoms with E-state index in [2.05, 4.69) is 5.32 Å². The van der Waals surface area contributed by atoms with Crippen molar-refractivity contribution >= 4 is 50.7 Å². The Hall–Kier alpha value is -2.49. The highest BCUT2D eigenvalue weighted by molar-refractivity contribution is 7.92. The molecule has 0 aliphatic heterocycles. The van der Waals surface area contributed by atoms with Crippen LogP contribution in [0, 0.1) is 0 Å². The van der Waals surface area contributed by atoms with Crippen LogP contribution in [0.2, 0.25) is 10.0 Å². The van der Waals surface area contributed by atoms with Gasteiger partial charge in [0.05, 0.1) is 18.6 Å². The summed E-state index contributed by atoms with van der Waals surface area (Å²) in [6.07, 6.45) is 2.13. The second kappa shape index (κ2) is 14.6. The van der Waals surface area contributed by atoms with Crippen molar-refractivity contribution in [2.75, 3.05) is 23.7 Å². The van der Waals surface area contributed by atoms with E-state index >= 15 is 0 Å². The number of hydrogen-bond donors (Lipinski definition) is 1. The molecule has 210 valence electrons. The molecule has 11 heteroatoms. The highest BCUT2D eigenvalue weighted by atomic mass is 35.5. The fourth-order valence-corrected chi connectivity index (χ4v) is 5.26. The number of carbonyl (C=O) groups is 2. The summed E-state index contributed by atoms with van der Waals surface area (Å²) in [7, 11) is -3.60. The normalized spacial score (nSPS) is 12.9. The van der Waals surface area contributed by atoms with Crippen molar-refractivity contribution in [2.45, 2.75) is 65.6 Å². The average Bonchev–Trinajstić information content (AvgIpc) is 2.86. The van der Waals surface area contributed by atoms with Crippen LogP contribution in [0.25, 0.3) is 0 Å². The van der Waals surface area contributed by atoms with Crippen molar-refractivity contribution in [2.24, 2.45) is 0 Å². The molecule has 0 bridgehead atoms. The van der Waals surface area contributed by atoms with Crippen LogP contribution in [0.1, 0.15) is 52.5 Å². The minimum absolute atomic E-state index is 0.0199. The first-order valence-corrected chi connectivity index (χ1v) is 15.2. The smallest absolute Gasteiger partial charge is 0.242 e. The van der Waals surface area contributed by atoms with Crippen LogP contribution >= 0.6 is 23.2 Å². The van der Waals surface area contributed by atoms with Crippen LogP contribution in [0.4, 0.5) is 5.69 Å². The third kappa shape index (κ3) is 9.06. The van der Waals surface area contributed by atoms with E-state index in [1.807, 2.05) is 20.8 Å². The Kier molecular flexibility index (Phi) is 12.2. The van der Waals surface area contributed by atoms with Gasteiger partial charge in [-0.25, -0.2) is 8.42 Å². The lowest BCUT2D eigenvalue weighted by Gasteiger charge is -2.30. The Morgan fingerprint density at radius 3 is 2.16 bits per heavy atom. The topological polar surface area (TPSA) is 96.0 Å². The van der Waals surface area contributed by atoms with Gasteiger partial charge in [-0.05, 0) is 70.0 Å². The lowest BCUT2D eigenvalue weighted by Crippen LogP contribution is -2.49. The van der Waals surface area contributed by atoms with Gasteiger partial charge in [-0.2, -0.15) is 0 Å². The van der Waals surface area contributed by atoms with Crippen LogP contribution in [0.15, 0.2) is 42.5 Å². The van der Waals surface area contributed by atoms with Gasteiger partial charge in [0, 0.05) is 41.2 Å². The van der Waals surface area contributed by atoms with Gasteiger partial charge in [0.2, 0.25) is 21.8 Å². The molecular formula is C27H37Cl2N3O5S. The fraction of sp³-hybridized carbons (Fsp3) is 0.481. The number of ether oxygens (including phenoxy) is 1. The molecular weight excluding hydrogens is 549 g/mol. The summed E-state index contributed by atoms with van der Waals surface area (Å²) in [5.74, 6) is 0.0365. The standard InChI is InChI=1S/C27H37Cl2N3O5S/c1-6-19(3)30-27(34)20(4)31(18-23-24(28)10-8-11-25(23)29)26(33)12-9-17-32(38(5,35)36)21-13-15-22(16-14-21)37-7-2/h8,10-11,13-16,19-20H,6-7,9,12,17-18H2,1-5H3,(H,30,34). The Balaban J connectivity index is 2.21. The molecule has 2 aromatic carbocycles. The zero-order valence-electron chi connectivity index (χ0n) is 22.5. The zero-order chi connectivity index (χ0) is 28.5. The van der Waals surface area contributed by atoms with E-state index in [1.54, 1.807) is 49.4 Å². The number of anilines is 1. The van der Waals surface area contributed by atoms with Gasteiger partial charge in [0.25, 0.3) is 0 Å². The molecule has 38 heavy (non-hydrogen) atoms. The summed E-state index contributed by atoms with van der Waals surface area (Å²) in [4.78, 5) is 27.8. The van der Waals surface area contributed by atoms with Crippen LogP contribution in [0.3, 0.4) is 0 Å². The van der Waals surface area contributed by atoms with Crippen LogP contribution in [-0.4, -0.2) is 56.6 Å². The molecule has 2 rings (SSSR count). The van der Waals surface area contributed by atoms with Gasteiger partial charge in [0.1, 0.15) is 11.8 Å². The van der Waals surface area contributed by atoms with Gasteiger partial charge in [-0.1, -0.05) is 36.2 Å². The van der Waals surface area contributed by atoms with E-state index in [9.17, 15) is 18.0 Å². The number of benzene rings is 2. The Morgan fingerprint density at radius 1 is 1.03 bits per heavy atom. The molecule has 1 N–H and O–H groups in total. The quantitative estimate of drug-likeness (QED) is 0.326. The van der Waals surface area contributed by atoms with Crippen LogP contribution in [0.5, 0.6) is 5.75 Å². The maximum absolute atomic E-state index is 13.4. The predicted octanol–water partition coefficient (Wildman–Crippen LogP) is 5.27. The predicted molar refractivity (Wildman–Crippen MR) is 153 cm³/mol. The first-order valence-electron chi connectivity index (χ1n) is 12.6. The second-order valence-electron chi connectivity index (χ2n) is 9.08. The van der Waals surface area contributed by atoms with Gasteiger partial charge >= 0.3 is 0 Å². The third-order valence-corrected chi connectivity index (χ3v) is 8.05. The number of nitrogens with one attached hydrogen (secondary N) is 1. The van der Waals surface area contributed by atoms with Gasteiger partial charge in [0.15, 0.2) is 0 Å². The highest BCUT2D eigenvalue weighted by Crippen LogP contribution is 2.27. The third-order valence-electron chi connectivity index (χ3n) is 6.15. The van der Waals surface area contributed by atoms with Crippen molar-refractivity contribution in [1.82, 2.24) is 10.2 Å². The number of halogens is 2. The zero-order valence-corrected chi connectivity index (χ0v) is 24.9. The van der Waals surface area contributed by atoms with Crippen molar-refractivity contribution in [3.05, 3.63) is 58.1 Å². The molecule has 0 saturated heterocycles. The molecule has 0 spiro atoms. The molecule has 0 saturated carbocycles. The van der Waals surface area contributed by atoms with E-state index in [0.717, 1.165) is 12.7 Å². The molecule has 8 nitrogen and oxygen atoms in total. The lowest BCUT2D eigenvalue weighted by molar-refractivity contribution is -0.140. The van der Waals surface area contributed by atoms with E-state index in [1.165, 1.54) is 9.21 Å². The van der Waals surface area contributed by atoms with Crippen LogP contribution < -0.4 is 14.4 Å². The summed E-state index contributed by atoms with van der Waals surface area (Å²) in [6, 6.07) is 11.0. The Labute approximate surface area is 236 Å². The van der Waals surface area contributed by atoms with Gasteiger partial charge in [-0.15, -0.1) is 0 Å². The monoisotopic (exact) mass is 585 g/mol. The van der Waals surface area contributed by atoms with E-state index in [4.69, 9.17) is 27.9 Å². The summed E-state index contributed by atoms with van der Waals surface area (Å²) < 4.78 is 31.7. The number of nitrogens with zero attached hydrogens (tertiary/aromatic N) is 2. The van der Waals surface area contributed by atoms with E-state index in [-0.39, 0.29) is 43.8 Å². The number of rotatable bonds is 14. The highest BCUT2D eigenvalue weighted by Gasteiger charge is 2.28. The SMILES string of the molecule is CCOc1ccc(N(CCCC(=O)N(Cc2c(Cl)cccc2Cl)C(C)C(=O)NC(C)CC)S(C)(=O)=O)cc1. The molecule has 0 aliphatic carbocycles. The Morgan fingerprint density at radius 2 is 1.63 bits per heavy atom. The van der Waals surface area contributed by atoms with Gasteiger partial charge in [-0.3, -0.25) is 13.9 Å². The molecule has 0 heterocycles. The van der Waals surface area contributed by atoms with E-state index in [0.29, 0.717) is 33.7 Å². The molecule has 2 amide bonds. The molecule has 0 aliphatic rings. The first kappa shape index (κ1) is 31.7. The second-order valence-corrected chi connectivity index (χ2v) is 11.8. The summed E-state index contributed by atoms with van der Waals surface area (Å²) >= 11 is 12.7. The first-order chi connectivity index (χ1) is 17.9. The minimum atomic E-state index is -3.60. The molecule has 0 radical (unpaired) electrons. The van der Waals surface area contributed by atoms with Crippen molar-refractivity contribution < 1.29 is 22.7 Å². The van der Waals surface area contributed by atoms with Gasteiger partial charge < -0.3 is 15.0 Å². The summed E-state index contributed by atoms with van der Waals surface area (Å²) in [6.45, 7) is 8.01. The number of carbonyl (C=O) groups excluding carboxylic acids is 2. The molecule has 0 fully saturated rings. The number of sulfonamides is 1. The van der Waals surface area contributed by atoms with Crippen molar-refractivity contribution in [1.29, 1.82) is 0 Å². The largest absolute Gasteiger partial charge is 0.494 e. The molecule has 2 atom stereocenters. The number of amides is 2. The molecule has 0 aromatic heterocycles. The lowest BCUT2D eigenvalue weighted by atomic mass is 10.1. The maximum Gasteiger partial charge on any atom is 0.242 e. The number of hydrogen-bond acceptors (Lipinski definition) is 5. The van der Waals surface area contributed by atoms with E-state index < -0.39 is 16.1 Å². The minimum Gasteiger partial charge on any atom is -0.494 e. The molecule has 2 aromatic rings. The Bertz CT molecular complexity index is 1170. The molecule has 2 unspecified atom stereocenters. The van der Waals surface area contributed by atoms with Crippen molar-refractivity contribution in [3.8, 4) is 5.75 Å². The summed E-state index contributed by atoms with van der Waals surface area (Å²) in [5, 5.41) is 3.70. The van der Waals surface area contributed by atoms with Crippen LogP contribution in [-0.2, 0) is 26.2 Å².